The zero-order valence-electron chi connectivity index (χ0n) is 11.0. The lowest BCUT2D eigenvalue weighted by Gasteiger charge is -2.24. The Morgan fingerprint density at radius 3 is 2.28 bits per heavy atom. The van der Waals surface area contributed by atoms with Crippen LogP contribution in [0.1, 0.15) is 24.9 Å². The van der Waals surface area contributed by atoms with Gasteiger partial charge in [-0.3, -0.25) is 0 Å². The molecule has 0 amide bonds. The van der Waals surface area contributed by atoms with Gasteiger partial charge in [0.1, 0.15) is 0 Å². The molecule has 0 radical (unpaired) electrons. The van der Waals surface area contributed by atoms with Crippen LogP contribution < -0.4 is 10.6 Å². The first-order valence-electron chi connectivity index (χ1n) is 6.37. The normalized spacial score (nSPS) is 12.2. The Morgan fingerprint density at radius 2 is 1.61 bits per heavy atom. The first-order valence-corrected chi connectivity index (χ1v) is 6.37. The van der Waals surface area contributed by atoms with Crippen molar-refractivity contribution in [3.05, 3.63) is 60.2 Å². The van der Waals surface area contributed by atoms with E-state index < -0.39 is 0 Å². The maximum Gasteiger partial charge on any atom is 0.0456 e. The summed E-state index contributed by atoms with van der Waals surface area (Å²) in [6.07, 6.45) is 0.944. The van der Waals surface area contributed by atoms with Crippen LogP contribution in [0.25, 0.3) is 0 Å². The molecule has 0 aliphatic heterocycles. The van der Waals surface area contributed by atoms with Gasteiger partial charge < -0.3 is 10.6 Å². The van der Waals surface area contributed by atoms with Gasteiger partial charge >= 0.3 is 0 Å². The molecule has 2 nitrogen and oxygen atoms in total. The van der Waals surface area contributed by atoms with Gasteiger partial charge in [-0.25, -0.2) is 0 Å². The molecular weight excluding hydrogens is 220 g/mol. The lowest BCUT2D eigenvalue weighted by atomic mass is 10.0. The fourth-order valence-electron chi connectivity index (χ4n) is 2.12. The summed E-state index contributed by atoms with van der Waals surface area (Å²) in [7, 11) is 2.08. The van der Waals surface area contributed by atoms with Crippen LogP contribution in [-0.2, 0) is 0 Å². The monoisotopic (exact) mass is 240 g/mol. The second-order valence-corrected chi connectivity index (χ2v) is 4.47. The Labute approximate surface area is 109 Å². The molecule has 2 N–H and O–H groups in total. The summed E-state index contributed by atoms with van der Waals surface area (Å²) < 4.78 is 0. The van der Waals surface area contributed by atoms with E-state index in [1.54, 1.807) is 0 Å². The van der Waals surface area contributed by atoms with Crippen molar-refractivity contribution in [3.8, 4) is 0 Å². The van der Waals surface area contributed by atoms with Crippen LogP contribution in [0.5, 0.6) is 0 Å². The standard InChI is InChI=1S/C16H20N2/c1-3-15(17)14-11-7-8-12-16(14)18(2)13-9-5-4-6-10-13/h4-12,15H,3,17H2,1-2H3/t15-/m1/s1. The topological polar surface area (TPSA) is 29.3 Å². The van der Waals surface area contributed by atoms with Gasteiger partial charge in [0, 0.05) is 24.5 Å². The molecule has 0 spiro atoms. The predicted molar refractivity (Wildman–Crippen MR) is 78.2 cm³/mol. The molecule has 0 saturated carbocycles. The van der Waals surface area contributed by atoms with Crippen LogP contribution in [0, 0.1) is 0 Å². The average Bonchev–Trinajstić information content (AvgIpc) is 2.46. The number of rotatable bonds is 4. The van der Waals surface area contributed by atoms with E-state index in [9.17, 15) is 0 Å². The van der Waals surface area contributed by atoms with Gasteiger partial charge in [-0.05, 0) is 30.2 Å². The smallest absolute Gasteiger partial charge is 0.0456 e. The summed E-state index contributed by atoms with van der Waals surface area (Å²) >= 11 is 0. The molecule has 18 heavy (non-hydrogen) atoms. The third-order valence-electron chi connectivity index (χ3n) is 3.28. The molecule has 0 saturated heterocycles. The molecule has 0 bridgehead atoms. The summed E-state index contributed by atoms with van der Waals surface area (Å²) in [5.41, 5.74) is 9.74. The van der Waals surface area contributed by atoms with Crippen molar-refractivity contribution >= 4 is 11.4 Å². The molecule has 0 unspecified atom stereocenters. The molecule has 0 fully saturated rings. The summed E-state index contributed by atoms with van der Waals surface area (Å²) in [5, 5.41) is 0. The Morgan fingerprint density at radius 1 is 1.00 bits per heavy atom. The highest BCUT2D eigenvalue weighted by Gasteiger charge is 2.12. The van der Waals surface area contributed by atoms with Gasteiger partial charge in [-0.1, -0.05) is 43.3 Å². The first kappa shape index (κ1) is 12.7. The third kappa shape index (κ3) is 2.54. The highest BCUT2D eigenvalue weighted by Crippen LogP contribution is 2.30. The van der Waals surface area contributed by atoms with E-state index in [0.29, 0.717) is 0 Å². The minimum Gasteiger partial charge on any atom is -0.344 e. The molecule has 1 atom stereocenters. The van der Waals surface area contributed by atoms with Crippen molar-refractivity contribution in [2.75, 3.05) is 11.9 Å². The van der Waals surface area contributed by atoms with Gasteiger partial charge in [0.25, 0.3) is 0 Å². The largest absolute Gasteiger partial charge is 0.344 e. The molecule has 0 heterocycles. The van der Waals surface area contributed by atoms with Crippen molar-refractivity contribution < 1.29 is 0 Å². The van der Waals surface area contributed by atoms with Crippen LogP contribution in [0.3, 0.4) is 0 Å². The van der Waals surface area contributed by atoms with E-state index in [4.69, 9.17) is 5.73 Å². The maximum atomic E-state index is 6.18. The molecule has 2 aromatic carbocycles. The SMILES string of the molecule is CC[C@@H](N)c1ccccc1N(C)c1ccccc1. The van der Waals surface area contributed by atoms with Crippen LogP contribution in [-0.4, -0.2) is 7.05 Å². The second kappa shape index (κ2) is 5.69. The highest BCUT2D eigenvalue weighted by atomic mass is 15.1. The molecule has 94 valence electrons. The van der Waals surface area contributed by atoms with Gasteiger partial charge in [0.05, 0.1) is 0 Å². The van der Waals surface area contributed by atoms with Crippen LogP contribution in [0.4, 0.5) is 11.4 Å². The minimum absolute atomic E-state index is 0.0902. The molecule has 2 rings (SSSR count). The predicted octanol–water partition coefficient (Wildman–Crippen LogP) is 3.86. The Balaban J connectivity index is 2.39. The van der Waals surface area contributed by atoms with Gasteiger partial charge in [0.15, 0.2) is 0 Å². The number of nitrogens with zero attached hydrogens (tertiary/aromatic N) is 1. The van der Waals surface area contributed by atoms with E-state index in [1.807, 2.05) is 24.3 Å². The van der Waals surface area contributed by atoms with Crippen molar-refractivity contribution in [1.29, 1.82) is 0 Å². The Bertz CT molecular complexity index is 493. The quantitative estimate of drug-likeness (QED) is 0.879. The fourth-order valence-corrected chi connectivity index (χ4v) is 2.12. The first-order chi connectivity index (χ1) is 8.74. The molecular formula is C16H20N2. The number of hydrogen-bond acceptors (Lipinski definition) is 2. The zero-order valence-corrected chi connectivity index (χ0v) is 11.0. The van der Waals surface area contributed by atoms with Crippen LogP contribution in [0.15, 0.2) is 54.6 Å². The summed E-state index contributed by atoms with van der Waals surface area (Å²) in [4.78, 5) is 2.19. The number of benzene rings is 2. The van der Waals surface area contributed by atoms with Crippen LogP contribution in [0.2, 0.25) is 0 Å². The lowest BCUT2D eigenvalue weighted by molar-refractivity contribution is 0.698. The number of para-hydroxylation sites is 2. The van der Waals surface area contributed by atoms with Crippen molar-refractivity contribution in [2.24, 2.45) is 5.73 Å². The minimum atomic E-state index is 0.0902. The maximum absolute atomic E-state index is 6.18. The van der Waals surface area contributed by atoms with Crippen LogP contribution >= 0.6 is 0 Å². The van der Waals surface area contributed by atoms with E-state index in [0.717, 1.165) is 6.42 Å². The summed E-state index contributed by atoms with van der Waals surface area (Å²) in [6, 6.07) is 18.8. The van der Waals surface area contributed by atoms with Crippen molar-refractivity contribution in [2.45, 2.75) is 19.4 Å². The Kier molecular flexibility index (Phi) is 4.00. The fraction of sp³-hybridized carbons (Fsp3) is 0.250. The van der Waals surface area contributed by atoms with Gasteiger partial charge in [-0.2, -0.15) is 0 Å². The summed E-state index contributed by atoms with van der Waals surface area (Å²) in [5.74, 6) is 0. The van der Waals surface area contributed by atoms with Crippen molar-refractivity contribution in [3.63, 3.8) is 0 Å². The third-order valence-corrected chi connectivity index (χ3v) is 3.28. The van der Waals surface area contributed by atoms with Gasteiger partial charge in [-0.15, -0.1) is 0 Å². The van der Waals surface area contributed by atoms with Crippen molar-refractivity contribution in [1.82, 2.24) is 0 Å². The number of nitrogens with two attached hydrogens (primary N) is 1. The Hall–Kier alpha value is -1.80. The lowest BCUT2D eigenvalue weighted by Crippen LogP contribution is -2.16. The number of anilines is 2. The van der Waals surface area contributed by atoms with E-state index in [1.165, 1.54) is 16.9 Å². The molecule has 0 aliphatic rings. The molecule has 2 aromatic rings. The molecule has 0 aliphatic carbocycles. The van der Waals surface area contributed by atoms with E-state index in [2.05, 4.69) is 49.2 Å². The molecule has 0 aromatic heterocycles. The number of hydrogen-bond donors (Lipinski definition) is 1. The summed E-state index contributed by atoms with van der Waals surface area (Å²) in [6.45, 7) is 2.12. The van der Waals surface area contributed by atoms with Gasteiger partial charge in [0.2, 0.25) is 0 Å². The second-order valence-electron chi connectivity index (χ2n) is 4.47. The average molecular weight is 240 g/mol. The zero-order chi connectivity index (χ0) is 13.0. The van der Waals surface area contributed by atoms with E-state index in [-0.39, 0.29) is 6.04 Å². The highest BCUT2D eigenvalue weighted by molar-refractivity contribution is 5.66. The molecule has 2 heteroatoms. The van der Waals surface area contributed by atoms with E-state index >= 15 is 0 Å².